The molecular weight excluding hydrogens is 180 g/mol. The number of hydrogen-bond acceptors (Lipinski definition) is 3. The Morgan fingerprint density at radius 3 is 2.29 bits per heavy atom. The molecule has 1 aromatic carbocycles. The van der Waals surface area contributed by atoms with Gasteiger partial charge in [0.15, 0.2) is 0 Å². The first-order chi connectivity index (χ1) is 6.65. The molecule has 0 unspecified atom stereocenters. The van der Waals surface area contributed by atoms with Crippen molar-refractivity contribution >= 4 is 12.4 Å². The Labute approximate surface area is 82.7 Å². The number of ether oxygens (including phenoxy) is 1. The predicted molar refractivity (Wildman–Crippen MR) is 51.6 cm³/mol. The third kappa shape index (κ3) is 2.42. The summed E-state index contributed by atoms with van der Waals surface area (Å²) in [7, 11) is 0. The molecule has 1 rings (SSSR count). The number of rotatable bonds is 3. The van der Waals surface area contributed by atoms with Crippen LogP contribution in [0.3, 0.4) is 0 Å². The van der Waals surface area contributed by atoms with E-state index in [1.165, 1.54) is 0 Å². The first-order valence-electron chi connectivity index (χ1n) is 4.33. The van der Waals surface area contributed by atoms with Crippen molar-refractivity contribution < 1.29 is 14.3 Å². The van der Waals surface area contributed by atoms with E-state index in [1.54, 1.807) is 12.1 Å². The van der Waals surface area contributed by atoms with Crippen LogP contribution in [0.4, 0.5) is 0 Å². The van der Waals surface area contributed by atoms with Crippen molar-refractivity contribution in [1.82, 2.24) is 0 Å². The molecule has 3 nitrogen and oxygen atoms in total. The quantitative estimate of drug-likeness (QED) is 0.542. The third-order valence-corrected chi connectivity index (χ3v) is 1.95. The van der Waals surface area contributed by atoms with Crippen LogP contribution in [0.25, 0.3) is 0 Å². The minimum Gasteiger partial charge on any atom is -0.381 e. The second-order valence-corrected chi connectivity index (χ2v) is 3.25. The summed E-state index contributed by atoms with van der Waals surface area (Å²) in [5, 5.41) is 0. The molecule has 0 aliphatic rings. The molecule has 0 aromatic heterocycles. The van der Waals surface area contributed by atoms with Crippen LogP contribution in [0.2, 0.25) is 0 Å². The highest BCUT2D eigenvalue weighted by molar-refractivity contribution is 5.93. The van der Waals surface area contributed by atoms with Crippen LogP contribution in [-0.4, -0.2) is 12.4 Å². The van der Waals surface area contributed by atoms with Gasteiger partial charge in [0.25, 0.3) is 0 Å². The number of benzene rings is 1. The van der Waals surface area contributed by atoms with E-state index >= 15 is 0 Å². The molecule has 0 fully saturated rings. The lowest BCUT2D eigenvalue weighted by atomic mass is 10.0. The monoisotopic (exact) mass is 191 g/mol. The standard InChI is InChI=1S/C11H11O3/c1-8(2)9-3-5-10(6-4-9)11(13)14-7-12/h3-6,8H,1-2H3. The van der Waals surface area contributed by atoms with Gasteiger partial charge < -0.3 is 4.74 Å². The molecule has 73 valence electrons. The van der Waals surface area contributed by atoms with Gasteiger partial charge in [0.2, 0.25) is 0 Å². The predicted octanol–water partition coefficient (Wildman–Crippen LogP) is 2.03. The second kappa shape index (κ2) is 4.56. The first-order valence-corrected chi connectivity index (χ1v) is 4.33. The van der Waals surface area contributed by atoms with Crippen molar-refractivity contribution in [3.8, 4) is 0 Å². The lowest BCUT2D eigenvalue weighted by Crippen LogP contribution is -2.03. The largest absolute Gasteiger partial charge is 0.425 e. The number of esters is 1. The highest BCUT2D eigenvalue weighted by atomic mass is 16.6. The van der Waals surface area contributed by atoms with E-state index < -0.39 is 5.97 Å². The van der Waals surface area contributed by atoms with Gasteiger partial charge in [0.05, 0.1) is 5.56 Å². The van der Waals surface area contributed by atoms with Crippen molar-refractivity contribution in [1.29, 1.82) is 0 Å². The fourth-order valence-corrected chi connectivity index (χ4v) is 1.10. The maximum Gasteiger partial charge on any atom is 0.425 e. The second-order valence-electron chi connectivity index (χ2n) is 3.25. The highest BCUT2D eigenvalue weighted by Crippen LogP contribution is 2.14. The van der Waals surface area contributed by atoms with Gasteiger partial charge >= 0.3 is 12.4 Å². The van der Waals surface area contributed by atoms with E-state index in [1.807, 2.05) is 12.1 Å². The third-order valence-electron chi connectivity index (χ3n) is 1.95. The van der Waals surface area contributed by atoms with Crippen LogP contribution in [0.15, 0.2) is 24.3 Å². The topological polar surface area (TPSA) is 43.4 Å². The van der Waals surface area contributed by atoms with Gasteiger partial charge in [0, 0.05) is 0 Å². The van der Waals surface area contributed by atoms with Crippen LogP contribution in [0.5, 0.6) is 0 Å². The van der Waals surface area contributed by atoms with Crippen LogP contribution >= 0.6 is 0 Å². The Kier molecular flexibility index (Phi) is 3.40. The molecule has 1 radical (unpaired) electrons. The molecule has 0 bridgehead atoms. The summed E-state index contributed by atoms with van der Waals surface area (Å²) in [6.45, 7) is 5.23. The zero-order valence-electron chi connectivity index (χ0n) is 8.11. The zero-order valence-corrected chi connectivity index (χ0v) is 8.11. The summed E-state index contributed by atoms with van der Waals surface area (Å²) in [5.74, 6) is -0.256. The van der Waals surface area contributed by atoms with E-state index in [9.17, 15) is 9.59 Å². The molecule has 0 aliphatic carbocycles. The van der Waals surface area contributed by atoms with E-state index in [4.69, 9.17) is 0 Å². The molecule has 1 aromatic rings. The summed E-state index contributed by atoms with van der Waals surface area (Å²) in [4.78, 5) is 20.8. The number of carbonyl (C=O) groups is 1. The number of carbonyl (C=O) groups excluding carboxylic acids is 2. The lowest BCUT2D eigenvalue weighted by Gasteiger charge is -2.04. The molecule has 0 saturated heterocycles. The molecule has 0 N–H and O–H groups in total. The summed E-state index contributed by atoms with van der Waals surface area (Å²) in [6, 6.07) is 6.95. The van der Waals surface area contributed by atoms with Crippen LogP contribution < -0.4 is 0 Å². The molecule has 3 heteroatoms. The van der Waals surface area contributed by atoms with Gasteiger partial charge in [-0.05, 0) is 23.6 Å². The van der Waals surface area contributed by atoms with Gasteiger partial charge in [-0.1, -0.05) is 26.0 Å². The molecule has 0 heterocycles. The fourth-order valence-electron chi connectivity index (χ4n) is 1.10. The van der Waals surface area contributed by atoms with Crippen molar-refractivity contribution in [3.05, 3.63) is 35.4 Å². The van der Waals surface area contributed by atoms with Gasteiger partial charge in [-0.3, -0.25) is 0 Å². The van der Waals surface area contributed by atoms with Crippen molar-refractivity contribution in [2.45, 2.75) is 19.8 Å². The Hall–Kier alpha value is -1.64. The van der Waals surface area contributed by atoms with Crippen LogP contribution in [-0.2, 0) is 9.53 Å². The lowest BCUT2D eigenvalue weighted by molar-refractivity contribution is 0.0710. The van der Waals surface area contributed by atoms with Crippen LogP contribution in [0.1, 0.15) is 35.7 Å². The Bertz CT molecular complexity index is 325. The number of hydrogen-bond donors (Lipinski definition) is 0. The Balaban J connectivity index is 2.82. The van der Waals surface area contributed by atoms with Crippen molar-refractivity contribution in [3.63, 3.8) is 0 Å². The summed E-state index contributed by atoms with van der Waals surface area (Å²) in [6.07, 6.45) is 0. The molecular formula is C11H11O3. The highest BCUT2D eigenvalue weighted by Gasteiger charge is 2.07. The Morgan fingerprint density at radius 1 is 1.29 bits per heavy atom. The summed E-state index contributed by atoms with van der Waals surface area (Å²) >= 11 is 0. The van der Waals surface area contributed by atoms with Gasteiger partial charge in [-0.15, -0.1) is 0 Å². The summed E-state index contributed by atoms with van der Waals surface area (Å²) < 4.78 is 4.08. The van der Waals surface area contributed by atoms with E-state index in [0.29, 0.717) is 11.5 Å². The van der Waals surface area contributed by atoms with Gasteiger partial charge in [-0.2, -0.15) is 0 Å². The smallest absolute Gasteiger partial charge is 0.381 e. The average molecular weight is 191 g/mol. The first kappa shape index (κ1) is 10.4. The van der Waals surface area contributed by atoms with Gasteiger partial charge in [-0.25, -0.2) is 9.59 Å². The van der Waals surface area contributed by atoms with E-state index in [-0.39, 0.29) is 0 Å². The van der Waals surface area contributed by atoms with Crippen LogP contribution in [0, 0.1) is 0 Å². The molecule has 0 amide bonds. The minimum atomic E-state index is -0.671. The molecule has 14 heavy (non-hydrogen) atoms. The zero-order chi connectivity index (χ0) is 10.6. The molecule has 0 spiro atoms. The summed E-state index contributed by atoms with van der Waals surface area (Å²) in [5.41, 5.74) is 1.49. The van der Waals surface area contributed by atoms with Crippen molar-refractivity contribution in [2.24, 2.45) is 0 Å². The van der Waals surface area contributed by atoms with Crippen molar-refractivity contribution in [2.75, 3.05) is 0 Å². The molecule has 0 saturated carbocycles. The maximum atomic E-state index is 11.0. The van der Waals surface area contributed by atoms with Gasteiger partial charge in [0.1, 0.15) is 0 Å². The molecule has 0 atom stereocenters. The van der Waals surface area contributed by atoms with E-state index in [0.717, 1.165) is 12.0 Å². The average Bonchev–Trinajstić information content (AvgIpc) is 2.18. The Morgan fingerprint density at radius 2 is 1.86 bits per heavy atom. The maximum absolute atomic E-state index is 11.0. The molecule has 0 aliphatic heterocycles. The SMILES string of the molecule is CC(C)c1ccc(C(=O)O[C]=O)cc1. The van der Waals surface area contributed by atoms with E-state index in [2.05, 4.69) is 18.6 Å². The fraction of sp³-hybridized carbons (Fsp3) is 0.273. The minimum absolute atomic E-state index is 0.359. The normalized spacial score (nSPS) is 9.93.